The van der Waals surface area contributed by atoms with E-state index in [2.05, 4.69) is 9.97 Å². The van der Waals surface area contributed by atoms with Gasteiger partial charge in [-0.15, -0.1) is 0 Å². The summed E-state index contributed by atoms with van der Waals surface area (Å²) in [6.07, 6.45) is 1.61. The van der Waals surface area contributed by atoms with E-state index in [4.69, 9.17) is 16.3 Å². The van der Waals surface area contributed by atoms with Gasteiger partial charge in [-0.05, 0) is 71.8 Å². The number of imidazole rings is 1. The Morgan fingerprint density at radius 2 is 1.60 bits per heavy atom. The second-order valence-electron chi connectivity index (χ2n) is 9.66. The number of aromatic amines is 1. The number of halogens is 4. The zero-order valence-corrected chi connectivity index (χ0v) is 22.5. The molecule has 0 radical (unpaired) electrons. The molecule has 0 amide bonds. The van der Waals surface area contributed by atoms with Gasteiger partial charge in [-0.3, -0.25) is 0 Å². The van der Waals surface area contributed by atoms with Crippen molar-refractivity contribution in [3.63, 3.8) is 0 Å². The molecule has 10 heteroatoms. The molecule has 0 aliphatic heterocycles. The van der Waals surface area contributed by atoms with Crippen molar-refractivity contribution in [3.05, 3.63) is 131 Å². The number of benzene rings is 4. The zero-order chi connectivity index (χ0) is 29.4. The van der Waals surface area contributed by atoms with Crippen LogP contribution in [-0.2, 0) is 13.2 Å². The molecule has 0 atom stereocenters. The van der Waals surface area contributed by atoms with E-state index >= 15 is 0 Å². The maximum atomic E-state index is 13.7. The standard InChI is InChI=1S/C32H21ClF3N3O3/c33-21-5-10-26-27(13-21)38-30(32(40)41)28(26)31-29(20-3-6-22(34)7-4-20)37-17-39(31)15-18-1-8-25(9-2-18)42-16-19-11-23(35)14-24(36)12-19/h1-14,17,38H,15-16H2,(H,40,41). The molecule has 0 bridgehead atoms. The Bertz CT molecular complexity index is 1910. The topological polar surface area (TPSA) is 80.1 Å². The summed E-state index contributed by atoms with van der Waals surface area (Å²) in [5.74, 6) is -2.41. The van der Waals surface area contributed by atoms with Crippen molar-refractivity contribution < 1.29 is 27.8 Å². The van der Waals surface area contributed by atoms with E-state index in [1.807, 2.05) is 16.7 Å². The average molecular weight is 588 g/mol. The molecule has 2 heterocycles. The second kappa shape index (κ2) is 11.1. The van der Waals surface area contributed by atoms with Crippen LogP contribution in [0, 0.1) is 17.5 Å². The fraction of sp³-hybridized carbons (Fsp3) is 0.0625. The number of carboxylic acids is 1. The summed E-state index contributed by atoms with van der Waals surface area (Å²) in [7, 11) is 0. The van der Waals surface area contributed by atoms with Gasteiger partial charge in [0.2, 0.25) is 0 Å². The number of aromatic nitrogens is 3. The molecule has 2 aromatic heterocycles. The van der Waals surface area contributed by atoms with Crippen LogP contribution in [0.2, 0.25) is 5.02 Å². The molecule has 42 heavy (non-hydrogen) atoms. The fourth-order valence-electron chi connectivity index (χ4n) is 4.91. The molecule has 2 N–H and O–H groups in total. The summed E-state index contributed by atoms with van der Waals surface area (Å²) >= 11 is 6.19. The molecule has 6 rings (SSSR count). The number of hydrogen-bond donors (Lipinski definition) is 2. The van der Waals surface area contributed by atoms with E-state index in [1.165, 1.54) is 24.3 Å². The lowest BCUT2D eigenvalue weighted by Gasteiger charge is -2.13. The van der Waals surface area contributed by atoms with E-state index < -0.39 is 23.4 Å². The van der Waals surface area contributed by atoms with Gasteiger partial charge in [0.15, 0.2) is 0 Å². The van der Waals surface area contributed by atoms with Crippen molar-refractivity contribution in [2.45, 2.75) is 13.2 Å². The number of carboxylic acid groups (broad SMARTS) is 1. The van der Waals surface area contributed by atoms with E-state index in [1.54, 1.807) is 48.8 Å². The molecule has 0 saturated heterocycles. The largest absolute Gasteiger partial charge is 0.489 e. The Kier molecular flexibility index (Phi) is 7.18. The van der Waals surface area contributed by atoms with Crippen LogP contribution in [0.4, 0.5) is 13.2 Å². The molecular weight excluding hydrogens is 567 g/mol. The summed E-state index contributed by atoms with van der Waals surface area (Å²) < 4.78 is 48.2. The Balaban J connectivity index is 1.37. The number of rotatable bonds is 8. The van der Waals surface area contributed by atoms with Crippen LogP contribution in [0.5, 0.6) is 5.75 Å². The summed E-state index contributed by atoms with van der Waals surface area (Å²) in [5, 5.41) is 11.2. The number of nitrogens with one attached hydrogen (secondary N) is 1. The van der Waals surface area contributed by atoms with Crippen molar-refractivity contribution in [2.75, 3.05) is 0 Å². The number of H-pyrrole nitrogens is 1. The molecule has 6 nitrogen and oxygen atoms in total. The lowest BCUT2D eigenvalue weighted by Crippen LogP contribution is -2.05. The summed E-state index contributed by atoms with van der Waals surface area (Å²) in [5.41, 5.74) is 3.78. The normalized spacial score (nSPS) is 11.2. The van der Waals surface area contributed by atoms with Crippen molar-refractivity contribution in [2.24, 2.45) is 0 Å². The van der Waals surface area contributed by atoms with Crippen LogP contribution in [-0.4, -0.2) is 25.6 Å². The van der Waals surface area contributed by atoms with Crippen LogP contribution in [0.3, 0.4) is 0 Å². The fourth-order valence-corrected chi connectivity index (χ4v) is 5.08. The molecule has 0 spiro atoms. The summed E-state index contributed by atoms with van der Waals surface area (Å²) in [6.45, 7) is 0.307. The van der Waals surface area contributed by atoms with E-state index in [0.29, 0.717) is 56.3 Å². The highest BCUT2D eigenvalue weighted by Crippen LogP contribution is 2.39. The number of nitrogens with zero attached hydrogens (tertiary/aromatic N) is 2. The van der Waals surface area contributed by atoms with Crippen molar-refractivity contribution in [1.82, 2.24) is 14.5 Å². The highest BCUT2D eigenvalue weighted by atomic mass is 35.5. The third-order valence-corrected chi connectivity index (χ3v) is 7.01. The van der Waals surface area contributed by atoms with Gasteiger partial charge in [-0.1, -0.05) is 29.8 Å². The van der Waals surface area contributed by atoms with Gasteiger partial charge in [-0.25, -0.2) is 22.9 Å². The lowest BCUT2D eigenvalue weighted by molar-refractivity contribution is 0.0692. The maximum absolute atomic E-state index is 13.7. The predicted molar refractivity (Wildman–Crippen MR) is 153 cm³/mol. The molecule has 0 aliphatic rings. The molecule has 0 unspecified atom stereocenters. The molecular formula is C32H21ClF3N3O3. The minimum atomic E-state index is -1.16. The molecule has 6 aromatic rings. The van der Waals surface area contributed by atoms with Gasteiger partial charge < -0.3 is 19.4 Å². The van der Waals surface area contributed by atoms with Crippen LogP contribution < -0.4 is 4.74 Å². The predicted octanol–water partition coefficient (Wildman–Crippen LogP) is 8.09. The van der Waals surface area contributed by atoms with Gasteiger partial charge in [0.1, 0.15) is 35.5 Å². The molecule has 0 aliphatic carbocycles. The Morgan fingerprint density at radius 3 is 2.29 bits per heavy atom. The van der Waals surface area contributed by atoms with Crippen molar-refractivity contribution >= 4 is 28.5 Å². The van der Waals surface area contributed by atoms with E-state index in [0.717, 1.165) is 11.6 Å². The molecule has 4 aromatic carbocycles. The van der Waals surface area contributed by atoms with Gasteiger partial charge in [0.25, 0.3) is 0 Å². The van der Waals surface area contributed by atoms with E-state index in [-0.39, 0.29) is 12.3 Å². The van der Waals surface area contributed by atoms with Crippen LogP contribution >= 0.6 is 11.6 Å². The van der Waals surface area contributed by atoms with Crippen LogP contribution in [0.1, 0.15) is 21.6 Å². The van der Waals surface area contributed by atoms with Gasteiger partial charge in [0, 0.05) is 39.7 Å². The molecule has 0 fully saturated rings. The molecule has 210 valence electrons. The average Bonchev–Trinajstić information content (AvgIpc) is 3.53. The lowest BCUT2D eigenvalue weighted by atomic mass is 10.0. The number of hydrogen-bond acceptors (Lipinski definition) is 3. The quantitative estimate of drug-likeness (QED) is 0.189. The Morgan fingerprint density at radius 1 is 0.881 bits per heavy atom. The highest BCUT2D eigenvalue weighted by molar-refractivity contribution is 6.31. The maximum Gasteiger partial charge on any atom is 0.353 e. The van der Waals surface area contributed by atoms with Crippen molar-refractivity contribution in [3.8, 4) is 28.3 Å². The number of ether oxygens (including phenoxy) is 1. The van der Waals surface area contributed by atoms with Gasteiger partial charge in [-0.2, -0.15) is 0 Å². The van der Waals surface area contributed by atoms with E-state index in [9.17, 15) is 23.1 Å². The van der Waals surface area contributed by atoms with Gasteiger partial charge in [0.05, 0.1) is 17.7 Å². The first-order valence-corrected chi connectivity index (χ1v) is 13.2. The first-order chi connectivity index (χ1) is 20.2. The Labute approximate surface area is 242 Å². The first kappa shape index (κ1) is 27.2. The van der Waals surface area contributed by atoms with Crippen LogP contribution in [0.25, 0.3) is 33.4 Å². The van der Waals surface area contributed by atoms with Crippen LogP contribution in [0.15, 0.2) is 91.3 Å². The third kappa shape index (κ3) is 5.46. The minimum Gasteiger partial charge on any atom is -0.489 e. The monoisotopic (exact) mass is 587 g/mol. The summed E-state index contributed by atoms with van der Waals surface area (Å²) in [6, 6.07) is 21.3. The third-order valence-electron chi connectivity index (χ3n) is 6.77. The SMILES string of the molecule is O=C(O)c1[nH]c2cc(Cl)ccc2c1-c1c(-c2ccc(F)cc2)ncn1Cc1ccc(OCc2cc(F)cc(F)c2)cc1. The minimum absolute atomic E-state index is 0.0106. The first-order valence-electron chi connectivity index (χ1n) is 12.8. The summed E-state index contributed by atoms with van der Waals surface area (Å²) in [4.78, 5) is 19.9. The zero-order valence-electron chi connectivity index (χ0n) is 21.7. The number of aromatic carboxylic acids is 1. The Hall–Kier alpha value is -5.02. The second-order valence-corrected chi connectivity index (χ2v) is 10.1. The van der Waals surface area contributed by atoms with Gasteiger partial charge >= 0.3 is 5.97 Å². The highest BCUT2D eigenvalue weighted by Gasteiger charge is 2.25. The number of carbonyl (C=O) groups is 1. The van der Waals surface area contributed by atoms with Crippen molar-refractivity contribution in [1.29, 1.82) is 0 Å². The molecule has 0 saturated carbocycles. The smallest absolute Gasteiger partial charge is 0.353 e. The number of fused-ring (bicyclic) bond motifs is 1.